The monoisotopic (exact) mass is 265 g/mol. The fourth-order valence-corrected chi connectivity index (χ4v) is 2.58. The summed E-state index contributed by atoms with van der Waals surface area (Å²) >= 11 is 1.98. The molecule has 18 heavy (non-hydrogen) atoms. The molecule has 0 bridgehead atoms. The van der Waals surface area contributed by atoms with E-state index in [-0.39, 0.29) is 0 Å². The maximum Gasteiger partial charge on any atom is 0.0207 e. The third-order valence-corrected chi connectivity index (χ3v) is 3.93. The molecule has 1 N–H and O–H groups in total. The standard InChI is InChI=1S/C16H27NS/c1-13(2)6-5-11-18-16-9-7-15(8-10-16)12-17-14(3)4/h7-10,13-14,17H,5-6,11-12H2,1-4H3. The van der Waals surface area contributed by atoms with Crippen LogP contribution in [0.3, 0.4) is 0 Å². The van der Waals surface area contributed by atoms with Crippen molar-refractivity contribution in [3.8, 4) is 0 Å². The Morgan fingerprint density at radius 1 is 1.06 bits per heavy atom. The Morgan fingerprint density at radius 3 is 2.28 bits per heavy atom. The molecule has 1 rings (SSSR count). The number of benzene rings is 1. The molecule has 1 aromatic carbocycles. The van der Waals surface area contributed by atoms with Crippen LogP contribution in [-0.4, -0.2) is 11.8 Å². The first-order chi connectivity index (χ1) is 8.58. The maximum atomic E-state index is 3.44. The summed E-state index contributed by atoms with van der Waals surface area (Å²) in [4.78, 5) is 1.40. The van der Waals surface area contributed by atoms with E-state index in [1.807, 2.05) is 11.8 Å². The SMILES string of the molecule is CC(C)CCCSc1ccc(CNC(C)C)cc1. The average molecular weight is 265 g/mol. The lowest BCUT2D eigenvalue weighted by Gasteiger charge is -2.09. The second kappa shape index (κ2) is 8.60. The highest BCUT2D eigenvalue weighted by Gasteiger charge is 1.98. The van der Waals surface area contributed by atoms with Crippen LogP contribution in [0.15, 0.2) is 29.2 Å². The smallest absolute Gasteiger partial charge is 0.0207 e. The van der Waals surface area contributed by atoms with Gasteiger partial charge < -0.3 is 5.32 Å². The van der Waals surface area contributed by atoms with E-state index in [0.29, 0.717) is 6.04 Å². The Labute approximate surface area is 117 Å². The number of rotatable bonds is 8. The summed E-state index contributed by atoms with van der Waals surface area (Å²) in [5, 5.41) is 3.44. The molecule has 0 aliphatic carbocycles. The van der Waals surface area contributed by atoms with Crippen molar-refractivity contribution in [2.24, 2.45) is 5.92 Å². The van der Waals surface area contributed by atoms with E-state index in [4.69, 9.17) is 0 Å². The van der Waals surface area contributed by atoms with Gasteiger partial charge in [-0.15, -0.1) is 11.8 Å². The molecule has 0 aliphatic rings. The highest BCUT2D eigenvalue weighted by molar-refractivity contribution is 7.99. The summed E-state index contributed by atoms with van der Waals surface area (Å²) in [6.45, 7) is 9.91. The zero-order valence-electron chi connectivity index (χ0n) is 12.2. The molecule has 0 aliphatic heterocycles. The lowest BCUT2D eigenvalue weighted by molar-refractivity contribution is 0.579. The topological polar surface area (TPSA) is 12.0 Å². The van der Waals surface area contributed by atoms with Crippen LogP contribution in [0.1, 0.15) is 46.1 Å². The minimum Gasteiger partial charge on any atom is -0.310 e. The molecule has 1 nitrogen and oxygen atoms in total. The van der Waals surface area contributed by atoms with Crippen molar-refractivity contribution in [2.45, 2.75) is 58.0 Å². The van der Waals surface area contributed by atoms with Gasteiger partial charge in [0.2, 0.25) is 0 Å². The van der Waals surface area contributed by atoms with Crippen LogP contribution in [0.4, 0.5) is 0 Å². The van der Waals surface area contributed by atoms with Crippen LogP contribution in [0.5, 0.6) is 0 Å². The minimum absolute atomic E-state index is 0.551. The van der Waals surface area contributed by atoms with Crippen molar-refractivity contribution in [1.82, 2.24) is 5.32 Å². The van der Waals surface area contributed by atoms with Crippen molar-refractivity contribution < 1.29 is 0 Å². The molecule has 1 aromatic rings. The molecule has 102 valence electrons. The van der Waals surface area contributed by atoms with Gasteiger partial charge in [-0.25, -0.2) is 0 Å². The van der Waals surface area contributed by atoms with Crippen LogP contribution in [-0.2, 0) is 6.54 Å². The predicted octanol–water partition coefficient (Wildman–Crippen LogP) is 4.71. The van der Waals surface area contributed by atoms with E-state index in [9.17, 15) is 0 Å². The van der Waals surface area contributed by atoms with E-state index in [2.05, 4.69) is 57.3 Å². The van der Waals surface area contributed by atoms with E-state index in [1.165, 1.54) is 29.1 Å². The molecule has 0 unspecified atom stereocenters. The van der Waals surface area contributed by atoms with Crippen molar-refractivity contribution in [3.05, 3.63) is 29.8 Å². The molecule has 0 fully saturated rings. The summed E-state index contributed by atoms with van der Waals surface area (Å²) < 4.78 is 0. The molecule has 0 heterocycles. The Hall–Kier alpha value is -0.470. The zero-order valence-corrected chi connectivity index (χ0v) is 13.0. The number of hydrogen-bond acceptors (Lipinski definition) is 2. The third kappa shape index (κ3) is 7.07. The lowest BCUT2D eigenvalue weighted by atomic mass is 10.1. The number of hydrogen-bond donors (Lipinski definition) is 1. The average Bonchev–Trinajstić information content (AvgIpc) is 2.33. The fourth-order valence-electron chi connectivity index (χ4n) is 1.71. The van der Waals surface area contributed by atoms with Gasteiger partial charge in [0.1, 0.15) is 0 Å². The maximum absolute atomic E-state index is 3.44. The van der Waals surface area contributed by atoms with Crippen molar-refractivity contribution >= 4 is 11.8 Å². The molecule has 2 heteroatoms. The largest absolute Gasteiger partial charge is 0.310 e. The molecule has 0 amide bonds. The van der Waals surface area contributed by atoms with Gasteiger partial charge in [-0.1, -0.05) is 46.2 Å². The lowest BCUT2D eigenvalue weighted by Crippen LogP contribution is -2.21. The highest BCUT2D eigenvalue weighted by Crippen LogP contribution is 2.20. The van der Waals surface area contributed by atoms with Crippen LogP contribution in [0.2, 0.25) is 0 Å². The van der Waals surface area contributed by atoms with Gasteiger partial charge in [-0.05, 0) is 35.8 Å². The third-order valence-electron chi connectivity index (χ3n) is 2.83. The molecular formula is C16H27NS. The molecule has 0 radical (unpaired) electrons. The second-order valence-corrected chi connectivity index (χ2v) is 6.73. The Balaban J connectivity index is 2.27. The van der Waals surface area contributed by atoms with E-state index >= 15 is 0 Å². The van der Waals surface area contributed by atoms with Gasteiger partial charge in [0, 0.05) is 17.5 Å². The Bertz CT molecular complexity index is 316. The van der Waals surface area contributed by atoms with Crippen LogP contribution in [0, 0.1) is 5.92 Å². The predicted molar refractivity (Wildman–Crippen MR) is 83.2 cm³/mol. The Morgan fingerprint density at radius 2 is 1.72 bits per heavy atom. The first-order valence-electron chi connectivity index (χ1n) is 7.03. The van der Waals surface area contributed by atoms with E-state index in [1.54, 1.807) is 0 Å². The van der Waals surface area contributed by atoms with Gasteiger partial charge in [0.25, 0.3) is 0 Å². The summed E-state index contributed by atoms with van der Waals surface area (Å²) in [5.41, 5.74) is 1.37. The van der Waals surface area contributed by atoms with Crippen molar-refractivity contribution in [3.63, 3.8) is 0 Å². The van der Waals surface area contributed by atoms with Crippen molar-refractivity contribution in [1.29, 1.82) is 0 Å². The summed E-state index contributed by atoms with van der Waals surface area (Å²) in [7, 11) is 0. The van der Waals surface area contributed by atoms with Gasteiger partial charge >= 0.3 is 0 Å². The molecule has 0 aromatic heterocycles. The molecule has 0 atom stereocenters. The first-order valence-corrected chi connectivity index (χ1v) is 8.01. The summed E-state index contributed by atoms with van der Waals surface area (Å²) in [6, 6.07) is 9.52. The molecule has 0 saturated carbocycles. The summed E-state index contributed by atoms with van der Waals surface area (Å²) in [6.07, 6.45) is 2.66. The van der Waals surface area contributed by atoms with Crippen LogP contribution in [0.25, 0.3) is 0 Å². The van der Waals surface area contributed by atoms with E-state index in [0.717, 1.165) is 12.5 Å². The van der Waals surface area contributed by atoms with Gasteiger partial charge in [0.05, 0.1) is 0 Å². The second-order valence-electron chi connectivity index (χ2n) is 5.56. The van der Waals surface area contributed by atoms with Gasteiger partial charge in [-0.3, -0.25) is 0 Å². The first kappa shape index (κ1) is 15.6. The number of thioether (sulfide) groups is 1. The van der Waals surface area contributed by atoms with Crippen LogP contribution < -0.4 is 5.32 Å². The summed E-state index contributed by atoms with van der Waals surface area (Å²) in [5.74, 6) is 2.07. The van der Waals surface area contributed by atoms with E-state index < -0.39 is 0 Å². The molecular weight excluding hydrogens is 238 g/mol. The minimum atomic E-state index is 0.551. The fraction of sp³-hybridized carbons (Fsp3) is 0.625. The van der Waals surface area contributed by atoms with Gasteiger partial charge in [0.15, 0.2) is 0 Å². The Kier molecular flexibility index (Phi) is 7.45. The quantitative estimate of drug-likeness (QED) is 0.539. The molecule has 0 spiro atoms. The zero-order chi connectivity index (χ0) is 13.4. The van der Waals surface area contributed by atoms with Gasteiger partial charge in [-0.2, -0.15) is 0 Å². The molecule has 0 saturated heterocycles. The van der Waals surface area contributed by atoms with Crippen molar-refractivity contribution in [2.75, 3.05) is 5.75 Å². The normalized spacial score (nSPS) is 11.4. The van der Waals surface area contributed by atoms with Crippen LogP contribution >= 0.6 is 11.8 Å². The highest BCUT2D eigenvalue weighted by atomic mass is 32.2. The number of nitrogens with one attached hydrogen (secondary N) is 1.